The van der Waals surface area contributed by atoms with Gasteiger partial charge in [-0.15, -0.1) is 0 Å². The summed E-state index contributed by atoms with van der Waals surface area (Å²) < 4.78 is 6.35. The third-order valence-electron chi connectivity index (χ3n) is 4.71. The molecule has 0 aliphatic heterocycles. The maximum atomic E-state index is 12.7. The summed E-state index contributed by atoms with van der Waals surface area (Å²) in [6.07, 6.45) is 3.61. The Kier molecular flexibility index (Phi) is 6.39. The molecule has 7 heteroatoms. The molecule has 0 aliphatic carbocycles. The highest BCUT2D eigenvalue weighted by molar-refractivity contribution is 9.10. The van der Waals surface area contributed by atoms with Crippen molar-refractivity contribution in [1.82, 2.24) is 4.98 Å². The van der Waals surface area contributed by atoms with Crippen molar-refractivity contribution in [3.05, 3.63) is 88.1 Å². The maximum absolute atomic E-state index is 12.7. The van der Waals surface area contributed by atoms with Gasteiger partial charge < -0.3 is 15.4 Å². The Morgan fingerprint density at radius 2 is 1.90 bits per heavy atom. The molecule has 3 aromatic carbocycles. The van der Waals surface area contributed by atoms with Crippen molar-refractivity contribution >= 4 is 61.3 Å². The number of benzene rings is 3. The second-order valence-electron chi connectivity index (χ2n) is 6.95. The van der Waals surface area contributed by atoms with Gasteiger partial charge in [0.15, 0.2) is 0 Å². The first-order valence-electron chi connectivity index (χ1n) is 9.54. The Hall–Kier alpha value is -3.09. The van der Waals surface area contributed by atoms with Gasteiger partial charge in [-0.05, 0) is 42.0 Å². The zero-order valence-electron chi connectivity index (χ0n) is 16.7. The first kappa shape index (κ1) is 21.2. The van der Waals surface area contributed by atoms with E-state index in [2.05, 4.69) is 31.5 Å². The summed E-state index contributed by atoms with van der Waals surface area (Å²) in [5.74, 6) is 0.546. The molecule has 4 aromatic rings. The number of rotatable bonds is 6. The summed E-state index contributed by atoms with van der Waals surface area (Å²) in [6.45, 7) is 0. The van der Waals surface area contributed by atoms with Crippen LogP contribution < -0.4 is 15.4 Å². The third-order valence-corrected chi connectivity index (χ3v) is 5.42. The van der Waals surface area contributed by atoms with Crippen LogP contribution >= 0.6 is 27.5 Å². The minimum Gasteiger partial charge on any atom is -0.495 e. The Labute approximate surface area is 193 Å². The SMILES string of the molecule is COc1cc(Br)ccc1Nc1cc(Cl)cc(CC(=O)Nc2cncc3ccccc23)c1. The first-order valence-corrected chi connectivity index (χ1v) is 10.7. The molecule has 1 heterocycles. The molecular formula is C24H19BrClN3O2. The first-order chi connectivity index (χ1) is 15.0. The zero-order chi connectivity index (χ0) is 21.8. The van der Waals surface area contributed by atoms with Crippen LogP contribution in [0.5, 0.6) is 5.75 Å². The molecule has 0 radical (unpaired) electrons. The molecule has 0 spiro atoms. The number of carbonyl (C=O) groups is 1. The van der Waals surface area contributed by atoms with E-state index in [1.54, 1.807) is 31.6 Å². The van der Waals surface area contributed by atoms with Crippen LogP contribution in [0.3, 0.4) is 0 Å². The summed E-state index contributed by atoms with van der Waals surface area (Å²) in [7, 11) is 1.61. The molecular weight excluding hydrogens is 478 g/mol. The predicted molar refractivity (Wildman–Crippen MR) is 130 cm³/mol. The largest absolute Gasteiger partial charge is 0.495 e. The summed E-state index contributed by atoms with van der Waals surface area (Å²) in [6, 6.07) is 19.0. The maximum Gasteiger partial charge on any atom is 0.228 e. The van der Waals surface area contributed by atoms with Crippen LogP contribution in [0, 0.1) is 0 Å². The Bertz CT molecular complexity index is 1260. The highest BCUT2D eigenvalue weighted by Gasteiger charge is 2.10. The highest BCUT2D eigenvalue weighted by atomic mass is 79.9. The van der Waals surface area contributed by atoms with Crippen molar-refractivity contribution in [2.45, 2.75) is 6.42 Å². The lowest BCUT2D eigenvalue weighted by Gasteiger charge is -2.13. The van der Waals surface area contributed by atoms with Crippen LogP contribution in [0.4, 0.5) is 17.1 Å². The van der Waals surface area contributed by atoms with Crippen molar-refractivity contribution < 1.29 is 9.53 Å². The van der Waals surface area contributed by atoms with Gasteiger partial charge in [-0.25, -0.2) is 0 Å². The van der Waals surface area contributed by atoms with Crippen LogP contribution in [0.1, 0.15) is 5.56 Å². The molecule has 0 saturated carbocycles. The van der Waals surface area contributed by atoms with E-state index in [1.807, 2.05) is 48.5 Å². The van der Waals surface area contributed by atoms with Crippen molar-refractivity contribution in [2.24, 2.45) is 0 Å². The number of fused-ring (bicyclic) bond motifs is 1. The monoisotopic (exact) mass is 495 g/mol. The molecule has 156 valence electrons. The van der Waals surface area contributed by atoms with Crippen LogP contribution in [0.15, 0.2) is 77.5 Å². The number of aromatic nitrogens is 1. The lowest BCUT2D eigenvalue weighted by atomic mass is 10.1. The number of amides is 1. The second kappa shape index (κ2) is 9.37. The van der Waals surface area contributed by atoms with E-state index in [0.29, 0.717) is 16.5 Å². The predicted octanol–water partition coefficient (Wildman–Crippen LogP) is 6.58. The van der Waals surface area contributed by atoms with Gasteiger partial charge in [-0.1, -0.05) is 51.8 Å². The third kappa shape index (κ3) is 5.16. The van der Waals surface area contributed by atoms with E-state index >= 15 is 0 Å². The van der Waals surface area contributed by atoms with Gasteiger partial charge in [0.1, 0.15) is 5.75 Å². The van der Waals surface area contributed by atoms with E-state index in [-0.39, 0.29) is 12.3 Å². The number of halogens is 2. The molecule has 0 atom stereocenters. The van der Waals surface area contributed by atoms with Crippen molar-refractivity contribution in [2.75, 3.05) is 17.7 Å². The number of hydrogen-bond donors (Lipinski definition) is 2. The number of pyridine rings is 1. The van der Waals surface area contributed by atoms with Crippen molar-refractivity contribution in [1.29, 1.82) is 0 Å². The summed E-state index contributed by atoms with van der Waals surface area (Å²) in [4.78, 5) is 16.9. The van der Waals surface area contributed by atoms with Gasteiger partial charge in [0.05, 0.1) is 31.1 Å². The Balaban J connectivity index is 1.53. The van der Waals surface area contributed by atoms with E-state index in [9.17, 15) is 4.79 Å². The fraction of sp³-hybridized carbons (Fsp3) is 0.0833. The minimum absolute atomic E-state index is 0.146. The number of nitrogens with one attached hydrogen (secondary N) is 2. The van der Waals surface area contributed by atoms with Crippen molar-refractivity contribution in [3.63, 3.8) is 0 Å². The minimum atomic E-state index is -0.146. The van der Waals surface area contributed by atoms with Crippen LogP contribution in [-0.2, 0) is 11.2 Å². The number of carbonyl (C=O) groups excluding carboxylic acids is 1. The molecule has 5 nitrogen and oxygen atoms in total. The van der Waals surface area contributed by atoms with E-state index in [0.717, 1.165) is 32.2 Å². The number of nitrogens with zero attached hydrogens (tertiary/aromatic N) is 1. The molecule has 0 saturated heterocycles. The van der Waals surface area contributed by atoms with Gasteiger partial charge in [-0.3, -0.25) is 9.78 Å². The highest BCUT2D eigenvalue weighted by Crippen LogP contribution is 2.32. The normalized spacial score (nSPS) is 10.7. The number of hydrogen-bond acceptors (Lipinski definition) is 4. The molecule has 0 fully saturated rings. The average Bonchev–Trinajstić information content (AvgIpc) is 2.75. The van der Waals surface area contributed by atoms with Gasteiger partial charge in [-0.2, -0.15) is 0 Å². The van der Waals surface area contributed by atoms with Gasteiger partial charge >= 0.3 is 0 Å². The Morgan fingerprint density at radius 1 is 1.06 bits per heavy atom. The molecule has 0 aliphatic rings. The van der Waals surface area contributed by atoms with Crippen LogP contribution in [-0.4, -0.2) is 18.0 Å². The smallest absolute Gasteiger partial charge is 0.228 e. The number of ether oxygens (including phenoxy) is 1. The standard InChI is InChI=1S/C24H19BrClN3O2/c1-31-23-11-17(25)6-7-21(23)28-19-9-15(8-18(26)12-19)10-24(30)29-22-14-27-13-16-4-2-3-5-20(16)22/h2-9,11-14,28H,10H2,1H3,(H,29,30). The zero-order valence-corrected chi connectivity index (χ0v) is 19.0. The fourth-order valence-corrected chi connectivity index (χ4v) is 3.94. The summed E-state index contributed by atoms with van der Waals surface area (Å²) in [5.41, 5.74) is 3.03. The molecule has 0 bridgehead atoms. The Morgan fingerprint density at radius 3 is 2.74 bits per heavy atom. The van der Waals surface area contributed by atoms with Gasteiger partial charge in [0.25, 0.3) is 0 Å². The van der Waals surface area contributed by atoms with Gasteiger partial charge in [0, 0.05) is 32.2 Å². The van der Waals surface area contributed by atoms with E-state index in [1.165, 1.54) is 0 Å². The van der Waals surface area contributed by atoms with E-state index < -0.39 is 0 Å². The van der Waals surface area contributed by atoms with Crippen LogP contribution in [0.2, 0.25) is 5.02 Å². The molecule has 4 rings (SSSR count). The van der Waals surface area contributed by atoms with Gasteiger partial charge in [0.2, 0.25) is 5.91 Å². The molecule has 31 heavy (non-hydrogen) atoms. The average molecular weight is 497 g/mol. The van der Waals surface area contributed by atoms with E-state index in [4.69, 9.17) is 16.3 Å². The lowest BCUT2D eigenvalue weighted by molar-refractivity contribution is -0.115. The summed E-state index contributed by atoms with van der Waals surface area (Å²) >= 11 is 9.75. The molecule has 2 N–H and O–H groups in total. The number of anilines is 3. The quantitative estimate of drug-likeness (QED) is 0.316. The summed E-state index contributed by atoms with van der Waals surface area (Å²) in [5, 5.41) is 8.72. The fourth-order valence-electron chi connectivity index (χ4n) is 3.34. The number of methoxy groups -OCH3 is 1. The molecule has 0 unspecified atom stereocenters. The van der Waals surface area contributed by atoms with Crippen LogP contribution in [0.25, 0.3) is 10.8 Å². The lowest BCUT2D eigenvalue weighted by Crippen LogP contribution is -2.15. The van der Waals surface area contributed by atoms with Crippen molar-refractivity contribution in [3.8, 4) is 5.75 Å². The topological polar surface area (TPSA) is 63.2 Å². The molecule has 1 amide bonds. The second-order valence-corrected chi connectivity index (χ2v) is 8.30. The molecule has 1 aromatic heterocycles.